The van der Waals surface area contributed by atoms with Crippen molar-refractivity contribution in [1.29, 1.82) is 0 Å². The van der Waals surface area contributed by atoms with Gasteiger partial charge in [-0.25, -0.2) is 0 Å². The highest BCUT2D eigenvalue weighted by Crippen LogP contribution is 2.28. The molecule has 0 N–H and O–H groups in total. The summed E-state index contributed by atoms with van der Waals surface area (Å²) in [4.78, 5) is 11.9. The molecule has 2 heterocycles. The van der Waals surface area contributed by atoms with Crippen LogP contribution in [-0.4, -0.2) is 33.1 Å². The van der Waals surface area contributed by atoms with Crippen molar-refractivity contribution in [3.8, 4) is 11.6 Å². The maximum atomic E-state index is 11.9. The number of nitrogens with zero attached hydrogens (tertiary/aromatic N) is 3. The lowest BCUT2D eigenvalue weighted by molar-refractivity contribution is -0.140. The van der Waals surface area contributed by atoms with E-state index in [0.717, 1.165) is 18.4 Å². The minimum absolute atomic E-state index is 0.193. The number of aromatic nitrogens is 3. The van der Waals surface area contributed by atoms with Crippen molar-refractivity contribution in [3.05, 3.63) is 52.7 Å². The number of benzene rings is 1. The van der Waals surface area contributed by atoms with E-state index < -0.39 is 0 Å². The Bertz CT molecular complexity index is 879. The fourth-order valence-electron chi connectivity index (χ4n) is 2.42. The monoisotopic (exact) mass is 449 g/mol. The summed E-state index contributed by atoms with van der Waals surface area (Å²) in [5.74, 6) is 1.18. The SMILES string of the molecule is CCCCOC(=O)CSc1nnc(-c2ccc(Br)o2)n1Cc1ccccc1. The molecule has 0 atom stereocenters. The molecular weight excluding hydrogens is 430 g/mol. The lowest BCUT2D eigenvalue weighted by Crippen LogP contribution is -2.10. The average Bonchev–Trinajstić information content (AvgIpc) is 3.27. The van der Waals surface area contributed by atoms with Gasteiger partial charge in [0, 0.05) is 0 Å². The molecule has 0 radical (unpaired) electrons. The second kappa shape index (κ2) is 9.75. The Morgan fingerprint density at radius 2 is 2.04 bits per heavy atom. The normalized spacial score (nSPS) is 10.9. The van der Waals surface area contributed by atoms with Crippen LogP contribution in [0.1, 0.15) is 25.3 Å². The van der Waals surface area contributed by atoms with Crippen LogP contribution < -0.4 is 0 Å². The van der Waals surface area contributed by atoms with E-state index in [4.69, 9.17) is 9.15 Å². The Morgan fingerprint density at radius 1 is 1.22 bits per heavy atom. The van der Waals surface area contributed by atoms with Crippen molar-refractivity contribution in [2.75, 3.05) is 12.4 Å². The van der Waals surface area contributed by atoms with Crippen LogP contribution in [0.4, 0.5) is 0 Å². The molecule has 0 aliphatic carbocycles. The third-order valence-corrected chi connectivity index (χ3v) is 5.14. The summed E-state index contributed by atoms with van der Waals surface area (Å²) >= 11 is 4.63. The highest BCUT2D eigenvalue weighted by atomic mass is 79.9. The van der Waals surface area contributed by atoms with Gasteiger partial charge in [0.15, 0.2) is 15.6 Å². The number of hydrogen-bond donors (Lipinski definition) is 0. The molecule has 3 aromatic rings. The summed E-state index contributed by atoms with van der Waals surface area (Å²) in [5.41, 5.74) is 1.11. The van der Waals surface area contributed by atoms with Gasteiger partial charge in [-0.05, 0) is 40.0 Å². The van der Waals surface area contributed by atoms with Gasteiger partial charge in [-0.2, -0.15) is 0 Å². The number of unbranched alkanes of at least 4 members (excludes halogenated alkanes) is 1. The van der Waals surface area contributed by atoms with Crippen LogP contribution in [0.15, 0.2) is 56.7 Å². The van der Waals surface area contributed by atoms with Gasteiger partial charge in [-0.1, -0.05) is 55.4 Å². The van der Waals surface area contributed by atoms with Crippen molar-refractivity contribution < 1.29 is 13.9 Å². The highest BCUT2D eigenvalue weighted by Gasteiger charge is 2.18. The molecule has 2 aromatic heterocycles. The van der Waals surface area contributed by atoms with Crippen molar-refractivity contribution in [2.45, 2.75) is 31.5 Å². The number of thioether (sulfide) groups is 1. The minimum Gasteiger partial charge on any atom is -0.465 e. The van der Waals surface area contributed by atoms with Gasteiger partial charge in [-0.3, -0.25) is 9.36 Å². The second-order valence-corrected chi connectivity index (χ2v) is 7.57. The molecule has 0 saturated carbocycles. The number of rotatable bonds is 9. The summed E-state index contributed by atoms with van der Waals surface area (Å²) in [5, 5.41) is 9.18. The third-order valence-electron chi connectivity index (χ3n) is 3.77. The second-order valence-electron chi connectivity index (χ2n) is 5.84. The Hall–Kier alpha value is -2.06. The molecule has 0 fully saturated rings. The molecular formula is C19H20BrN3O3S. The number of ether oxygens (including phenoxy) is 1. The minimum atomic E-state index is -0.245. The lowest BCUT2D eigenvalue weighted by atomic mass is 10.2. The van der Waals surface area contributed by atoms with Crippen molar-refractivity contribution in [2.24, 2.45) is 0 Å². The number of carbonyl (C=O) groups excluding carboxylic acids is 1. The van der Waals surface area contributed by atoms with Crippen molar-refractivity contribution >= 4 is 33.7 Å². The van der Waals surface area contributed by atoms with E-state index in [1.807, 2.05) is 47.0 Å². The highest BCUT2D eigenvalue weighted by molar-refractivity contribution is 9.10. The van der Waals surface area contributed by atoms with E-state index >= 15 is 0 Å². The Balaban J connectivity index is 1.78. The van der Waals surface area contributed by atoms with E-state index in [-0.39, 0.29) is 11.7 Å². The van der Waals surface area contributed by atoms with E-state index in [2.05, 4.69) is 33.1 Å². The quantitative estimate of drug-likeness (QED) is 0.265. The van der Waals surface area contributed by atoms with E-state index in [9.17, 15) is 4.79 Å². The van der Waals surface area contributed by atoms with E-state index in [0.29, 0.717) is 34.6 Å². The average molecular weight is 450 g/mol. The van der Waals surface area contributed by atoms with Gasteiger partial charge in [0.05, 0.1) is 18.9 Å². The molecule has 0 aliphatic rings. The molecule has 27 heavy (non-hydrogen) atoms. The summed E-state index contributed by atoms with van der Waals surface area (Å²) in [6, 6.07) is 13.7. The molecule has 0 spiro atoms. The standard InChI is InChI=1S/C19H20BrN3O3S/c1-2-3-11-25-17(24)13-27-19-22-21-18(15-9-10-16(20)26-15)23(19)12-14-7-5-4-6-8-14/h4-10H,2-3,11-13H2,1H3. The van der Waals surface area contributed by atoms with E-state index in [1.165, 1.54) is 11.8 Å². The molecule has 1 aromatic carbocycles. The molecule has 6 nitrogen and oxygen atoms in total. The van der Waals surface area contributed by atoms with Crippen LogP contribution in [0, 0.1) is 0 Å². The van der Waals surface area contributed by atoms with Crippen LogP contribution in [0.2, 0.25) is 0 Å². The van der Waals surface area contributed by atoms with Gasteiger partial charge in [0.25, 0.3) is 0 Å². The number of furan rings is 1. The first-order chi connectivity index (χ1) is 13.2. The molecule has 0 saturated heterocycles. The third kappa shape index (κ3) is 5.46. The van der Waals surface area contributed by atoms with Crippen molar-refractivity contribution in [3.63, 3.8) is 0 Å². The largest absolute Gasteiger partial charge is 0.465 e. The number of halogens is 1. The fraction of sp³-hybridized carbons (Fsp3) is 0.316. The Morgan fingerprint density at radius 3 is 2.74 bits per heavy atom. The van der Waals surface area contributed by atoms with Crippen LogP contribution >= 0.6 is 27.7 Å². The van der Waals surface area contributed by atoms with Gasteiger partial charge in [0.2, 0.25) is 5.82 Å². The van der Waals surface area contributed by atoms with Crippen LogP contribution in [0.25, 0.3) is 11.6 Å². The predicted molar refractivity (Wildman–Crippen MR) is 108 cm³/mol. The summed E-state index contributed by atoms with van der Waals surface area (Å²) < 4.78 is 13.4. The predicted octanol–water partition coefficient (Wildman–Crippen LogP) is 4.78. The first kappa shape index (κ1) is 19.7. The zero-order valence-corrected chi connectivity index (χ0v) is 17.3. The number of carbonyl (C=O) groups is 1. The molecule has 0 amide bonds. The number of esters is 1. The van der Waals surface area contributed by atoms with Crippen molar-refractivity contribution in [1.82, 2.24) is 14.8 Å². The first-order valence-corrected chi connectivity index (χ1v) is 10.5. The summed E-state index contributed by atoms with van der Waals surface area (Å²) in [6.07, 6.45) is 1.87. The zero-order chi connectivity index (χ0) is 19.1. The fourth-order valence-corrected chi connectivity index (χ4v) is 3.46. The van der Waals surface area contributed by atoms with Crippen LogP contribution in [0.3, 0.4) is 0 Å². The zero-order valence-electron chi connectivity index (χ0n) is 14.9. The first-order valence-electron chi connectivity index (χ1n) is 8.68. The van der Waals surface area contributed by atoms with Crippen LogP contribution in [-0.2, 0) is 16.1 Å². The van der Waals surface area contributed by atoms with Gasteiger partial charge in [0.1, 0.15) is 0 Å². The smallest absolute Gasteiger partial charge is 0.316 e. The summed E-state index contributed by atoms with van der Waals surface area (Å²) in [7, 11) is 0. The van der Waals surface area contributed by atoms with Gasteiger partial charge in [-0.15, -0.1) is 10.2 Å². The molecule has 0 aliphatic heterocycles. The topological polar surface area (TPSA) is 70.2 Å². The lowest BCUT2D eigenvalue weighted by Gasteiger charge is -2.09. The maximum absolute atomic E-state index is 11.9. The Kier molecular flexibility index (Phi) is 7.11. The maximum Gasteiger partial charge on any atom is 0.316 e. The van der Waals surface area contributed by atoms with Gasteiger partial charge < -0.3 is 9.15 Å². The molecule has 0 unspecified atom stereocenters. The van der Waals surface area contributed by atoms with Crippen LogP contribution in [0.5, 0.6) is 0 Å². The summed E-state index contributed by atoms with van der Waals surface area (Å²) in [6.45, 7) is 3.09. The molecule has 3 rings (SSSR count). The number of hydrogen-bond acceptors (Lipinski definition) is 6. The molecule has 8 heteroatoms. The van der Waals surface area contributed by atoms with E-state index in [1.54, 1.807) is 0 Å². The molecule has 0 bridgehead atoms. The van der Waals surface area contributed by atoms with Gasteiger partial charge >= 0.3 is 5.97 Å². The molecule has 142 valence electrons. The Labute approximate surface area is 170 Å².